The summed E-state index contributed by atoms with van der Waals surface area (Å²) >= 11 is 0. The van der Waals surface area contributed by atoms with Crippen LogP contribution in [0.2, 0.25) is 0 Å². The van der Waals surface area contributed by atoms with Crippen molar-refractivity contribution in [3.05, 3.63) is 29.8 Å². The average molecular weight is 349 g/mol. The van der Waals surface area contributed by atoms with E-state index < -0.39 is 40.4 Å². The van der Waals surface area contributed by atoms with Crippen molar-refractivity contribution in [3.63, 3.8) is 0 Å². The summed E-state index contributed by atoms with van der Waals surface area (Å²) in [6, 6.07) is 6.06. The lowest BCUT2D eigenvalue weighted by molar-refractivity contribution is -0.216. The molecule has 0 radical (unpaired) electrons. The van der Waals surface area contributed by atoms with Crippen molar-refractivity contribution >= 4 is 16.0 Å². The molecule has 128 valence electrons. The molecule has 0 saturated carbocycles. The van der Waals surface area contributed by atoms with Gasteiger partial charge in [-0.15, -0.1) is 0 Å². The summed E-state index contributed by atoms with van der Waals surface area (Å²) in [6.45, 7) is 1.04. The van der Waals surface area contributed by atoms with Crippen molar-refractivity contribution in [1.82, 2.24) is 4.31 Å². The second-order valence-electron chi connectivity index (χ2n) is 5.63. The summed E-state index contributed by atoms with van der Waals surface area (Å²) in [7, 11) is -3.86. The van der Waals surface area contributed by atoms with Gasteiger partial charge < -0.3 is 10.2 Å². The molecule has 1 aromatic carbocycles. The van der Waals surface area contributed by atoms with E-state index in [1.165, 1.54) is 12.1 Å². The number of piperidine rings is 1. The van der Waals surface area contributed by atoms with Gasteiger partial charge in [-0.25, -0.2) is 13.2 Å². The number of aliphatic hydroxyl groups is 1. The zero-order valence-electron chi connectivity index (χ0n) is 12.4. The molecule has 1 saturated heterocycles. The van der Waals surface area contributed by atoms with Crippen molar-refractivity contribution in [1.29, 1.82) is 0 Å². The van der Waals surface area contributed by atoms with Crippen molar-refractivity contribution < 1.29 is 32.2 Å². The molecule has 0 bridgehead atoms. The SMILES string of the molecule is Cc1ccc(S(=O)(=O)N2CCC(O)(C(F)(F)C(=O)O)CC2)cc1. The molecule has 0 aromatic heterocycles. The van der Waals surface area contributed by atoms with Crippen molar-refractivity contribution in [2.24, 2.45) is 0 Å². The molecule has 1 aliphatic rings. The van der Waals surface area contributed by atoms with E-state index in [1.807, 2.05) is 0 Å². The van der Waals surface area contributed by atoms with E-state index >= 15 is 0 Å². The predicted molar refractivity (Wildman–Crippen MR) is 76.7 cm³/mol. The second kappa shape index (κ2) is 5.81. The number of hydrogen-bond donors (Lipinski definition) is 2. The standard InChI is InChI=1S/C14H17F2NO5S/c1-10-2-4-11(5-3-10)23(21,22)17-8-6-13(20,7-9-17)14(15,16)12(18)19/h2-5,20H,6-9H2,1H3,(H,18,19). The molecule has 1 aliphatic heterocycles. The van der Waals surface area contributed by atoms with Gasteiger partial charge in [0.15, 0.2) is 0 Å². The quantitative estimate of drug-likeness (QED) is 0.853. The number of aryl methyl sites for hydroxylation is 1. The molecule has 23 heavy (non-hydrogen) atoms. The summed E-state index contributed by atoms with van der Waals surface area (Å²) < 4.78 is 53.0. The highest BCUT2D eigenvalue weighted by molar-refractivity contribution is 7.89. The van der Waals surface area contributed by atoms with Crippen LogP contribution in [-0.2, 0) is 14.8 Å². The van der Waals surface area contributed by atoms with Gasteiger partial charge >= 0.3 is 11.9 Å². The largest absolute Gasteiger partial charge is 0.477 e. The molecule has 2 rings (SSSR count). The van der Waals surface area contributed by atoms with E-state index in [0.717, 1.165) is 9.87 Å². The third kappa shape index (κ3) is 3.08. The van der Waals surface area contributed by atoms with Crippen LogP contribution in [0.5, 0.6) is 0 Å². The topological polar surface area (TPSA) is 94.9 Å². The number of aliphatic carboxylic acids is 1. The Morgan fingerprint density at radius 2 is 1.70 bits per heavy atom. The molecule has 9 heteroatoms. The van der Waals surface area contributed by atoms with Gasteiger partial charge in [-0.05, 0) is 31.9 Å². The number of nitrogens with zero attached hydrogens (tertiary/aromatic N) is 1. The first-order valence-electron chi connectivity index (χ1n) is 6.91. The minimum absolute atomic E-state index is 0.0264. The fourth-order valence-corrected chi connectivity index (χ4v) is 3.91. The Labute approximate surface area is 132 Å². The maximum Gasteiger partial charge on any atom is 0.377 e. The number of rotatable bonds is 4. The molecule has 0 aliphatic carbocycles. The maximum atomic E-state index is 13.6. The van der Waals surface area contributed by atoms with Gasteiger partial charge in [0.05, 0.1) is 4.90 Å². The van der Waals surface area contributed by atoms with Crippen LogP contribution >= 0.6 is 0 Å². The van der Waals surface area contributed by atoms with E-state index in [-0.39, 0.29) is 18.0 Å². The molecule has 6 nitrogen and oxygen atoms in total. The van der Waals surface area contributed by atoms with Crippen LogP contribution in [0.1, 0.15) is 18.4 Å². The molecule has 0 unspecified atom stereocenters. The molecule has 1 aromatic rings. The number of sulfonamides is 1. The van der Waals surface area contributed by atoms with Crippen LogP contribution in [-0.4, -0.2) is 53.5 Å². The zero-order chi connectivity index (χ0) is 17.5. The summed E-state index contributed by atoms with van der Waals surface area (Å²) in [5.74, 6) is -6.75. The summed E-state index contributed by atoms with van der Waals surface area (Å²) in [4.78, 5) is 10.6. The van der Waals surface area contributed by atoms with Gasteiger partial charge in [0, 0.05) is 13.1 Å². The average Bonchev–Trinajstić information content (AvgIpc) is 2.47. The van der Waals surface area contributed by atoms with Gasteiger partial charge in [-0.1, -0.05) is 17.7 Å². The van der Waals surface area contributed by atoms with Crippen LogP contribution in [0, 0.1) is 6.92 Å². The van der Waals surface area contributed by atoms with Crippen LogP contribution in [0.15, 0.2) is 29.2 Å². The molecular formula is C14H17F2NO5S. The minimum Gasteiger partial charge on any atom is -0.477 e. The predicted octanol–water partition coefficient (Wildman–Crippen LogP) is 1.23. The zero-order valence-corrected chi connectivity index (χ0v) is 13.2. The number of hydrogen-bond acceptors (Lipinski definition) is 4. The molecule has 0 atom stereocenters. The second-order valence-corrected chi connectivity index (χ2v) is 7.57. The minimum atomic E-state index is -4.33. The van der Waals surface area contributed by atoms with Crippen molar-refractivity contribution in [3.8, 4) is 0 Å². The first kappa shape index (κ1) is 17.8. The lowest BCUT2D eigenvalue weighted by Gasteiger charge is -2.40. The Morgan fingerprint density at radius 3 is 2.13 bits per heavy atom. The Hall–Kier alpha value is -1.58. The number of halogens is 2. The third-order valence-corrected chi connectivity index (χ3v) is 5.97. The highest BCUT2D eigenvalue weighted by Gasteiger charge is 2.60. The van der Waals surface area contributed by atoms with Gasteiger partial charge in [-0.2, -0.15) is 13.1 Å². The highest BCUT2D eigenvalue weighted by Crippen LogP contribution is 2.38. The van der Waals surface area contributed by atoms with Crippen LogP contribution in [0.4, 0.5) is 8.78 Å². The van der Waals surface area contributed by atoms with Crippen LogP contribution < -0.4 is 0 Å². The lowest BCUT2D eigenvalue weighted by Crippen LogP contribution is -2.59. The summed E-state index contributed by atoms with van der Waals surface area (Å²) in [5, 5.41) is 18.5. The Balaban J connectivity index is 2.18. The molecule has 0 amide bonds. The highest BCUT2D eigenvalue weighted by atomic mass is 32.2. The van der Waals surface area contributed by atoms with Crippen molar-refractivity contribution in [2.75, 3.05) is 13.1 Å². The van der Waals surface area contributed by atoms with E-state index in [1.54, 1.807) is 19.1 Å². The van der Waals surface area contributed by atoms with E-state index in [4.69, 9.17) is 5.11 Å². The maximum absolute atomic E-state index is 13.6. The normalized spacial score (nSPS) is 19.5. The van der Waals surface area contributed by atoms with Gasteiger partial charge in [-0.3, -0.25) is 0 Å². The lowest BCUT2D eigenvalue weighted by atomic mass is 9.86. The van der Waals surface area contributed by atoms with E-state index in [2.05, 4.69) is 0 Å². The number of carbonyl (C=O) groups is 1. The number of carboxylic acids is 1. The number of carboxylic acid groups (broad SMARTS) is 1. The summed E-state index contributed by atoms with van der Waals surface area (Å²) in [5.41, 5.74) is -1.88. The first-order valence-corrected chi connectivity index (χ1v) is 8.35. The van der Waals surface area contributed by atoms with Crippen LogP contribution in [0.3, 0.4) is 0 Å². The Bertz CT molecular complexity index is 694. The van der Waals surface area contributed by atoms with Gasteiger partial charge in [0.1, 0.15) is 5.60 Å². The Morgan fingerprint density at radius 1 is 1.22 bits per heavy atom. The molecular weight excluding hydrogens is 332 g/mol. The van der Waals surface area contributed by atoms with Gasteiger partial charge in [0.25, 0.3) is 0 Å². The fourth-order valence-electron chi connectivity index (χ4n) is 2.47. The monoisotopic (exact) mass is 349 g/mol. The fraction of sp³-hybridized carbons (Fsp3) is 0.500. The van der Waals surface area contributed by atoms with E-state index in [0.29, 0.717) is 0 Å². The van der Waals surface area contributed by atoms with Gasteiger partial charge in [0.2, 0.25) is 10.0 Å². The van der Waals surface area contributed by atoms with Crippen LogP contribution in [0.25, 0.3) is 0 Å². The third-order valence-electron chi connectivity index (χ3n) is 4.06. The molecule has 1 fully saturated rings. The smallest absolute Gasteiger partial charge is 0.377 e. The summed E-state index contributed by atoms with van der Waals surface area (Å²) in [6.07, 6.45) is -1.31. The molecule has 0 spiro atoms. The molecule has 1 heterocycles. The Kier molecular flexibility index (Phi) is 4.49. The van der Waals surface area contributed by atoms with E-state index in [9.17, 15) is 27.1 Å². The number of benzene rings is 1. The molecule has 2 N–H and O–H groups in total. The van der Waals surface area contributed by atoms with Crippen molar-refractivity contribution in [2.45, 2.75) is 36.2 Å². The number of alkyl halides is 2. The first-order chi connectivity index (χ1) is 10.5.